The van der Waals surface area contributed by atoms with Gasteiger partial charge in [-0.15, -0.1) is 0 Å². The van der Waals surface area contributed by atoms with E-state index in [2.05, 4.69) is 88.4 Å². The van der Waals surface area contributed by atoms with Crippen LogP contribution in [0.15, 0.2) is 0 Å². The van der Waals surface area contributed by atoms with Gasteiger partial charge in [-0.3, -0.25) is 4.79 Å². The number of ether oxygens (including phenoxy) is 8. The molecule has 4 heterocycles. The highest BCUT2D eigenvalue weighted by atomic mass is 16.7. The van der Waals surface area contributed by atoms with E-state index in [0.717, 1.165) is 19.3 Å². The summed E-state index contributed by atoms with van der Waals surface area (Å²) < 4.78 is 53.1. The first kappa shape index (κ1) is 40.9. The summed E-state index contributed by atoms with van der Waals surface area (Å²) in [5.74, 6) is 1.37. The fourth-order valence-electron chi connectivity index (χ4n) is 8.93. The molecular weight excluding hydrogens is 626 g/mol. The van der Waals surface area contributed by atoms with Crippen molar-refractivity contribution in [3.63, 3.8) is 0 Å². The maximum absolute atomic E-state index is 12.8. The first-order valence-corrected chi connectivity index (χ1v) is 19.5. The van der Waals surface area contributed by atoms with Gasteiger partial charge in [0.15, 0.2) is 18.9 Å². The van der Waals surface area contributed by atoms with E-state index in [-0.39, 0.29) is 78.4 Å². The number of carbonyl (C=O) groups is 1. The summed E-state index contributed by atoms with van der Waals surface area (Å²) in [7, 11) is 1.69. The van der Waals surface area contributed by atoms with Gasteiger partial charge in [-0.1, -0.05) is 76.2 Å². The van der Waals surface area contributed by atoms with Gasteiger partial charge < -0.3 is 43.2 Å². The Labute approximate surface area is 297 Å². The van der Waals surface area contributed by atoms with Crippen LogP contribution in [-0.4, -0.2) is 93.4 Å². The van der Waals surface area contributed by atoms with Crippen LogP contribution in [0.1, 0.15) is 109 Å². The lowest BCUT2D eigenvalue weighted by Crippen LogP contribution is -2.65. The third-order valence-corrected chi connectivity index (χ3v) is 13.0. The number of hydrogen-bond donors (Lipinski definition) is 1. The van der Waals surface area contributed by atoms with Crippen LogP contribution in [0.2, 0.25) is 0 Å². The summed E-state index contributed by atoms with van der Waals surface area (Å²) >= 11 is 0. The van der Waals surface area contributed by atoms with E-state index >= 15 is 0 Å². The molecule has 4 aliphatic rings. The molecule has 0 spiro atoms. The largest absolute Gasteiger partial charge is 0.382 e. The maximum atomic E-state index is 12.8. The summed E-state index contributed by atoms with van der Waals surface area (Å²) in [6.07, 6.45) is -0.0143. The summed E-state index contributed by atoms with van der Waals surface area (Å²) in [4.78, 5) is 12.8. The van der Waals surface area contributed by atoms with E-state index in [1.807, 2.05) is 0 Å². The zero-order valence-electron chi connectivity index (χ0n) is 33.0. The summed E-state index contributed by atoms with van der Waals surface area (Å²) in [5.41, 5.74) is 0. The lowest BCUT2D eigenvalue weighted by Gasteiger charge is -2.52. The Hall–Kier alpha value is -0.850. The second-order valence-corrected chi connectivity index (χ2v) is 16.1. The Bertz CT molecular complexity index is 1030. The Morgan fingerprint density at radius 3 is 1.63 bits per heavy atom. The minimum Gasteiger partial charge on any atom is -0.382 e. The topological polar surface area (TPSA) is 103 Å². The van der Waals surface area contributed by atoms with Crippen LogP contribution in [0, 0.1) is 47.3 Å². The highest BCUT2D eigenvalue weighted by Gasteiger charge is 2.52. The van der Waals surface area contributed by atoms with Crippen molar-refractivity contribution in [2.24, 2.45) is 47.3 Å². The minimum atomic E-state index is -0.745. The fraction of sp³-hybridized carbons (Fsp3) is 0.974. The molecule has 0 aliphatic carbocycles. The molecule has 0 saturated carbocycles. The molecule has 4 fully saturated rings. The van der Waals surface area contributed by atoms with Gasteiger partial charge >= 0.3 is 0 Å². The van der Waals surface area contributed by atoms with Gasteiger partial charge in [-0.25, -0.2) is 0 Å². The van der Waals surface area contributed by atoms with E-state index in [9.17, 15) is 4.79 Å². The normalized spacial score (nSPS) is 49.4. The second kappa shape index (κ2) is 17.8. The molecule has 49 heavy (non-hydrogen) atoms. The Morgan fingerprint density at radius 2 is 1.04 bits per heavy atom. The quantitative estimate of drug-likeness (QED) is 0.243. The number of hydrogen-bond acceptors (Lipinski definition) is 9. The predicted molar refractivity (Wildman–Crippen MR) is 189 cm³/mol. The van der Waals surface area contributed by atoms with Crippen LogP contribution in [-0.2, 0) is 42.7 Å². The van der Waals surface area contributed by atoms with E-state index in [1.165, 1.54) is 0 Å². The Balaban J connectivity index is 1.63. The van der Waals surface area contributed by atoms with Crippen molar-refractivity contribution in [3.05, 3.63) is 0 Å². The summed E-state index contributed by atoms with van der Waals surface area (Å²) in [6, 6.07) is -0.540. The van der Waals surface area contributed by atoms with E-state index in [0.29, 0.717) is 30.3 Å². The molecule has 0 radical (unpaired) electrons. The van der Waals surface area contributed by atoms with Crippen LogP contribution < -0.4 is 5.32 Å². The smallest absolute Gasteiger partial charge is 0.217 e. The molecule has 0 bridgehead atoms. The van der Waals surface area contributed by atoms with E-state index in [1.54, 1.807) is 14.0 Å². The fourth-order valence-corrected chi connectivity index (χ4v) is 8.93. The lowest BCUT2D eigenvalue weighted by molar-refractivity contribution is -0.349. The molecule has 286 valence electrons. The summed E-state index contributed by atoms with van der Waals surface area (Å²) in [5, 5.41) is 3.19. The maximum Gasteiger partial charge on any atom is 0.217 e. The third kappa shape index (κ3) is 8.86. The molecule has 9 unspecified atom stereocenters. The van der Waals surface area contributed by atoms with Crippen LogP contribution in [0.4, 0.5) is 0 Å². The highest BCUT2D eigenvalue weighted by molar-refractivity contribution is 5.73. The van der Waals surface area contributed by atoms with Crippen LogP contribution in [0.25, 0.3) is 0 Å². The zero-order chi connectivity index (χ0) is 36.3. The molecule has 1 N–H and O–H groups in total. The first-order valence-electron chi connectivity index (χ1n) is 19.5. The van der Waals surface area contributed by atoms with Crippen molar-refractivity contribution in [1.82, 2.24) is 5.32 Å². The van der Waals surface area contributed by atoms with E-state index in [4.69, 9.17) is 37.9 Å². The van der Waals surface area contributed by atoms with Gasteiger partial charge in [0, 0.05) is 37.7 Å². The van der Waals surface area contributed by atoms with Crippen molar-refractivity contribution in [1.29, 1.82) is 0 Å². The van der Waals surface area contributed by atoms with E-state index < -0.39 is 24.9 Å². The van der Waals surface area contributed by atoms with Crippen LogP contribution in [0.3, 0.4) is 0 Å². The Morgan fingerprint density at radius 1 is 0.531 bits per heavy atom. The molecule has 4 rings (SSSR count). The SMILES string of the molecule is CCC1O[C@@H](O[C@@H]2C(C)[C@H](O[C@@H]3C(CC)OC(C)C(C)[C@H]3C)OC(COC)[C@@H]2C)C(NC(C)=O)[C@@H](O[C@@H]2OC(CC)[C@H](C)[C@H](C)C2C)[C@@H]1C. The third-order valence-electron chi connectivity index (χ3n) is 13.0. The number of methoxy groups -OCH3 is 1. The average Bonchev–Trinajstić information content (AvgIpc) is 3.07. The van der Waals surface area contributed by atoms with Crippen molar-refractivity contribution in [3.8, 4) is 0 Å². The summed E-state index contributed by atoms with van der Waals surface area (Å²) in [6.45, 7) is 28.2. The van der Waals surface area contributed by atoms with Crippen molar-refractivity contribution in [2.45, 2.75) is 183 Å². The average molecular weight is 698 g/mol. The molecule has 1 amide bonds. The monoisotopic (exact) mass is 698 g/mol. The lowest BCUT2D eigenvalue weighted by atomic mass is 9.78. The molecule has 4 aliphatic heterocycles. The standard InChI is InChI=1S/C39H71NO9/c1-15-29-21(6)19(4)23(8)37(44-29)49-36-24(9)30(16-2)45-39(33(36)40-28(13)41)47-34-25(10)32(18-42-14)46-38(26(34)11)48-35-22(7)20(5)27(12)43-31(35)17-3/h19-27,29-39H,15-18H2,1-14H3,(H,40,41)/t19-,20?,21+,22+,23?,24+,25-,26?,27?,29?,30?,31?,32?,33?,34-,35-,36-,37-,38-,39-/m0/s1. The molecule has 0 aromatic carbocycles. The number of carbonyl (C=O) groups excluding carboxylic acids is 1. The van der Waals surface area contributed by atoms with Gasteiger partial charge in [0.05, 0.1) is 55.4 Å². The van der Waals surface area contributed by atoms with Crippen molar-refractivity contribution >= 4 is 5.91 Å². The molecule has 0 aromatic rings. The van der Waals surface area contributed by atoms with Crippen LogP contribution in [0.5, 0.6) is 0 Å². The van der Waals surface area contributed by atoms with Gasteiger partial charge in [0.2, 0.25) is 5.91 Å². The molecule has 10 heteroatoms. The molecule has 10 nitrogen and oxygen atoms in total. The Kier molecular flexibility index (Phi) is 14.8. The van der Waals surface area contributed by atoms with Crippen molar-refractivity contribution < 1.29 is 42.7 Å². The van der Waals surface area contributed by atoms with Gasteiger partial charge in [0.25, 0.3) is 0 Å². The van der Waals surface area contributed by atoms with Gasteiger partial charge in [-0.2, -0.15) is 0 Å². The molecule has 20 atom stereocenters. The first-order chi connectivity index (χ1) is 23.2. The predicted octanol–water partition coefficient (Wildman–Crippen LogP) is 6.57. The van der Waals surface area contributed by atoms with Crippen molar-refractivity contribution in [2.75, 3.05) is 13.7 Å². The highest BCUT2D eigenvalue weighted by Crippen LogP contribution is 2.43. The molecule has 0 aromatic heterocycles. The number of amides is 1. The van der Waals surface area contributed by atoms with Gasteiger partial charge in [-0.05, 0) is 49.9 Å². The molecular formula is C39H71NO9. The zero-order valence-corrected chi connectivity index (χ0v) is 33.0. The van der Waals surface area contributed by atoms with Gasteiger partial charge in [0.1, 0.15) is 6.04 Å². The second-order valence-electron chi connectivity index (χ2n) is 16.1. The molecule has 4 saturated heterocycles. The number of rotatable bonds is 12. The number of nitrogens with one attached hydrogen (secondary N) is 1. The van der Waals surface area contributed by atoms with Crippen LogP contribution >= 0.6 is 0 Å². The minimum absolute atomic E-state index is 0.00256.